The number of benzene rings is 6. The van der Waals surface area contributed by atoms with Gasteiger partial charge >= 0.3 is 0 Å². The van der Waals surface area contributed by atoms with E-state index in [4.69, 9.17) is 0 Å². The van der Waals surface area contributed by atoms with Crippen molar-refractivity contribution in [1.29, 1.82) is 0 Å². The van der Waals surface area contributed by atoms with Crippen LogP contribution in [0.4, 0.5) is 0 Å². The lowest BCUT2D eigenvalue weighted by Crippen LogP contribution is -1.97. The SMILES string of the molecule is c1ccc2c(c1)Cc1cc3c(cc1-2)c1cccc2c1n3c1cccc3c4c5c(ccc4n2c31)Cc1ccccc1-5. The van der Waals surface area contributed by atoms with Crippen LogP contribution in [0, 0.1) is 0 Å². The Balaban J connectivity index is 1.37. The molecule has 2 aliphatic carbocycles. The van der Waals surface area contributed by atoms with Gasteiger partial charge in [0.2, 0.25) is 0 Å². The molecule has 0 fully saturated rings. The van der Waals surface area contributed by atoms with Gasteiger partial charge in [-0.2, -0.15) is 0 Å². The second kappa shape index (κ2) is 6.55. The minimum atomic E-state index is 1.01. The number of aromatic nitrogens is 2. The summed E-state index contributed by atoms with van der Waals surface area (Å²) in [7, 11) is 0. The first-order valence-electron chi connectivity index (χ1n) is 14.2. The highest BCUT2D eigenvalue weighted by molar-refractivity contribution is 6.25. The van der Waals surface area contributed by atoms with Crippen LogP contribution in [0.1, 0.15) is 22.3 Å². The Morgan fingerprint density at radius 2 is 1.07 bits per heavy atom. The van der Waals surface area contributed by atoms with Gasteiger partial charge in [0.05, 0.1) is 33.1 Å². The molecule has 6 aromatic carbocycles. The lowest BCUT2D eigenvalue weighted by molar-refractivity contribution is 1.24. The predicted molar refractivity (Wildman–Crippen MR) is 166 cm³/mol. The van der Waals surface area contributed by atoms with Crippen LogP contribution in [0.15, 0.2) is 109 Å². The molecule has 2 aliphatic rings. The van der Waals surface area contributed by atoms with Gasteiger partial charge in [0.15, 0.2) is 0 Å². The Labute approximate surface area is 229 Å². The number of fused-ring (bicyclic) bond motifs is 15. The molecule has 3 heterocycles. The first-order chi connectivity index (χ1) is 19.8. The maximum absolute atomic E-state index is 2.55. The topological polar surface area (TPSA) is 8.82 Å². The van der Waals surface area contributed by atoms with Crippen LogP contribution in [0.3, 0.4) is 0 Å². The highest BCUT2D eigenvalue weighted by Crippen LogP contribution is 2.48. The molecule has 0 saturated carbocycles. The van der Waals surface area contributed by atoms with E-state index >= 15 is 0 Å². The maximum atomic E-state index is 2.55. The first-order valence-corrected chi connectivity index (χ1v) is 14.2. The van der Waals surface area contributed by atoms with E-state index in [9.17, 15) is 0 Å². The summed E-state index contributed by atoms with van der Waals surface area (Å²) in [6.45, 7) is 0. The summed E-state index contributed by atoms with van der Waals surface area (Å²) in [5.74, 6) is 0. The zero-order valence-electron chi connectivity index (χ0n) is 21.7. The number of nitrogens with zero attached hydrogens (tertiary/aromatic N) is 2. The lowest BCUT2D eigenvalue weighted by atomic mass is 9.99. The summed E-state index contributed by atoms with van der Waals surface area (Å²) in [6.07, 6.45) is 2.02. The fourth-order valence-electron chi connectivity index (χ4n) is 8.30. The van der Waals surface area contributed by atoms with Gasteiger partial charge in [0.25, 0.3) is 0 Å². The summed E-state index contributed by atoms with van der Waals surface area (Å²) in [6, 6.07) is 41.3. The lowest BCUT2D eigenvalue weighted by Gasteiger charge is -2.11. The summed E-state index contributed by atoms with van der Waals surface area (Å²) in [4.78, 5) is 0. The Kier molecular flexibility index (Phi) is 3.26. The molecule has 11 rings (SSSR count). The minimum absolute atomic E-state index is 1.01. The summed E-state index contributed by atoms with van der Waals surface area (Å²) in [5.41, 5.74) is 19.1. The summed E-state index contributed by atoms with van der Waals surface area (Å²) < 4.78 is 5.10. The van der Waals surface area contributed by atoms with E-state index in [1.165, 1.54) is 99.2 Å². The third kappa shape index (κ3) is 2.12. The Morgan fingerprint density at radius 1 is 0.400 bits per heavy atom. The van der Waals surface area contributed by atoms with E-state index < -0.39 is 0 Å². The van der Waals surface area contributed by atoms with Crippen molar-refractivity contribution in [2.24, 2.45) is 0 Å². The highest BCUT2D eigenvalue weighted by Gasteiger charge is 2.27. The fourth-order valence-corrected chi connectivity index (χ4v) is 8.30. The molecule has 0 atom stereocenters. The van der Waals surface area contributed by atoms with Crippen molar-refractivity contribution in [1.82, 2.24) is 8.80 Å². The van der Waals surface area contributed by atoms with Gasteiger partial charge in [-0.1, -0.05) is 78.9 Å². The van der Waals surface area contributed by atoms with Crippen molar-refractivity contribution in [3.05, 3.63) is 131 Å². The molecule has 40 heavy (non-hydrogen) atoms. The fraction of sp³-hybridized carbons (Fsp3) is 0.0526. The van der Waals surface area contributed by atoms with Crippen molar-refractivity contribution in [3.63, 3.8) is 0 Å². The van der Waals surface area contributed by atoms with Gasteiger partial charge in [-0.3, -0.25) is 0 Å². The number of para-hydroxylation sites is 2. The van der Waals surface area contributed by atoms with Crippen LogP contribution in [0.2, 0.25) is 0 Å². The molecule has 0 spiro atoms. The first kappa shape index (κ1) is 19.9. The summed E-state index contributed by atoms with van der Waals surface area (Å²) >= 11 is 0. The molecule has 0 aliphatic heterocycles. The molecular formula is C38H22N2. The Hall–Kier alpha value is -5.08. The van der Waals surface area contributed by atoms with Crippen molar-refractivity contribution in [3.8, 4) is 22.3 Å². The molecule has 3 aromatic heterocycles. The smallest absolute Gasteiger partial charge is 0.0783 e. The summed E-state index contributed by atoms with van der Waals surface area (Å²) in [5, 5.41) is 5.41. The standard InChI is InChI=1S/C38H22N2/c1-3-9-25-21(7-1)18-24-19-34-30(20-29(24)25)27-11-5-13-32-37(27)40(34)33-14-6-12-28-36-31(39(32)38(28)33)16-15-23-17-22-8-2-4-10-26(22)35(23)36/h1-16,19-20H,17-18H2. The Bertz CT molecular complexity index is 2590. The van der Waals surface area contributed by atoms with Gasteiger partial charge in [0, 0.05) is 21.5 Å². The molecule has 0 N–H and O–H groups in total. The average Bonchev–Trinajstić information content (AvgIpc) is 3.73. The Morgan fingerprint density at radius 3 is 1.93 bits per heavy atom. The van der Waals surface area contributed by atoms with Crippen LogP contribution < -0.4 is 0 Å². The molecule has 0 bridgehead atoms. The van der Waals surface area contributed by atoms with Crippen molar-refractivity contribution >= 4 is 54.6 Å². The van der Waals surface area contributed by atoms with E-state index in [0.717, 1.165) is 12.8 Å². The van der Waals surface area contributed by atoms with Crippen molar-refractivity contribution < 1.29 is 0 Å². The zero-order valence-corrected chi connectivity index (χ0v) is 21.7. The molecule has 0 amide bonds. The van der Waals surface area contributed by atoms with Crippen molar-refractivity contribution in [2.75, 3.05) is 0 Å². The van der Waals surface area contributed by atoms with E-state index in [1.54, 1.807) is 0 Å². The molecule has 2 nitrogen and oxygen atoms in total. The maximum Gasteiger partial charge on any atom is 0.0783 e. The highest BCUT2D eigenvalue weighted by atomic mass is 15.0. The van der Waals surface area contributed by atoms with E-state index in [1.807, 2.05) is 0 Å². The van der Waals surface area contributed by atoms with Crippen LogP contribution in [-0.4, -0.2) is 8.80 Å². The van der Waals surface area contributed by atoms with E-state index in [0.29, 0.717) is 0 Å². The van der Waals surface area contributed by atoms with Gasteiger partial charge in [0.1, 0.15) is 0 Å². The molecule has 0 saturated heterocycles. The van der Waals surface area contributed by atoms with Crippen LogP contribution in [0.5, 0.6) is 0 Å². The molecule has 0 unspecified atom stereocenters. The van der Waals surface area contributed by atoms with Crippen LogP contribution in [0.25, 0.3) is 76.9 Å². The minimum Gasteiger partial charge on any atom is -0.305 e. The zero-order chi connectivity index (χ0) is 25.7. The molecule has 9 aromatic rings. The predicted octanol–water partition coefficient (Wildman–Crippen LogP) is 9.38. The van der Waals surface area contributed by atoms with Crippen molar-refractivity contribution in [2.45, 2.75) is 12.8 Å². The van der Waals surface area contributed by atoms with E-state index in [-0.39, 0.29) is 0 Å². The quantitative estimate of drug-likeness (QED) is 0.181. The number of hydrogen-bond acceptors (Lipinski definition) is 0. The van der Waals surface area contributed by atoms with E-state index in [2.05, 4.69) is 118 Å². The second-order valence-electron chi connectivity index (χ2n) is 11.7. The molecule has 2 heteroatoms. The third-order valence-electron chi connectivity index (χ3n) is 9.85. The van der Waals surface area contributed by atoms with Gasteiger partial charge in [-0.15, -0.1) is 0 Å². The molecular weight excluding hydrogens is 484 g/mol. The normalized spacial score (nSPS) is 13.8. The van der Waals surface area contributed by atoms with Crippen LogP contribution >= 0.6 is 0 Å². The van der Waals surface area contributed by atoms with Crippen LogP contribution in [-0.2, 0) is 12.8 Å². The monoisotopic (exact) mass is 506 g/mol. The third-order valence-corrected chi connectivity index (χ3v) is 9.85. The number of rotatable bonds is 0. The average molecular weight is 507 g/mol. The second-order valence-corrected chi connectivity index (χ2v) is 11.7. The van der Waals surface area contributed by atoms with Gasteiger partial charge < -0.3 is 8.80 Å². The largest absolute Gasteiger partial charge is 0.305 e. The van der Waals surface area contributed by atoms with Gasteiger partial charge in [-0.25, -0.2) is 0 Å². The number of hydrogen-bond donors (Lipinski definition) is 0. The molecule has 0 radical (unpaired) electrons. The molecule has 184 valence electrons. The van der Waals surface area contributed by atoms with Gasteiger partial charge in [-0.05, 0) is 87.7 Å².